The molecule has 1 amide bonds. The van der Waals surface area contributed by atoms with Gasteiger partial charge >= 0.3 is 5.97 Å². The fraction of sp³-hybridized carbons (Fsp3) is 0.188. The third-order valence-corrected chi connectivity index (χ3v) is 3.87. The van der Waals surface area contributed by atoms with E-state index in [4.69, 9.17) is 19.5 Å². The van der Waals surface area contributed by atoms with E-state index in [9.17, 15) is 9.59 Å². The molecule has 7 nitrogen and oxygen atoms in total. The van der Waals surface area contributed by atoms with Gasteiger partial charge in [0.25, 0.3) is 5.91 Å². The number of nitriles is 1. The van der Waals surface area contributed by atoms with E-state index in [0.717, 1.165) is 0 Å². The molecule has 0 saturated carbocycles. The van der Waals surface area contributed by atoms with E-state index < -0.39 is 12.6 Å². The van der Waals surface area contributed by atoms with Gasteiger partial charge in [-0.15, -0.1) is 11.3 Å². The van der Waals surface area contributed by atoms with Crippen molar-refractivity contribution >= 4 is 28.9 Å². The van der Waals surface area contributed by atoms with E-state index in [1.54, 1.807) is 23.6 Å². The zero-order valence-electron chi connectivity index (χ0n) is 13.0. The molecule has 0 aliphatic rings. The Hall–Kier alpha value is -3.05. The highest BCUT2D eigenvalue weighted by Gasteiger charge is 2.20. The molecular formula is C16H14N2O5S. The second kappa shape index (κ2) is 7.99. The third kappa shape index (κ3) is 3.83. The molecule has 8 heteroatoms. The van der Waals surface area contributed by atoms with Crippen LogP contribution in [-0.4, -0.2) is 32.7 Å². The van der Waals surface area contributed by atoms with Gasteiger partial charge in [0.1, 0.15) is 6.07 Å². The van der Waals surface area contributed by atoms with E-state index in [-0.39, 0.29) is 17.2 Å². The van der Waals surface area contributed by atoms with Gasteiger partial charge in [0.05, 0.1) is 30.3 Å². The number of anilines is 1. The third-order valence-electron chi connectivity index (χ3n) is 3.00. The molecule has 0 fully saturated rings. The molecule has 1 aromatic carbocycles. The van der Waals surface area contributed by atoms with Crippen molar-refractivity contribution < 1.29 is 23.8 Å². The number of nitrogens with one attached hydrogen (secondary N) is 1. The van der Waals surface area contributed by atoms with E-state index in [1.165, 1.54) is 37.7 Å². The summed E-state index contributed by atoms with van der Waals surface area (Å²) in [7, 11) is 2.86. The molecule has 24 heavy (non-hydrogen) atoms. The molecule has 2 aromatic rings. The van der Waals surface area contributed by atoms with Crippen LogP contribution in [0.4, 0.5) is 5.69 Å². The van der Waals surface area contributed by atoms with Crippen LogP contribution in [0.15, 0.2) is 29.6 Å². The van der Waals surface area contributed by atoms with Crippen LogP contribution in [0.5, 0.6) is 11.5 Å². The molecule has 1 aromatic heterocycles. The summed E-state index contributed by atoms with van der Waals surface area (Å²) in [6.45, 7) is -0.397. The van der Waals surface area contributed by atoms with Gasteiger partial charge in [0.15, 0.2) is 18.1 Å². The van der Waals surface area contributed by atoms with E-state index in [2.05, 4.69) is 5.32 Å². The summed E-state index contributed by atoms with van der Waals surface area (Å²) in [5.74, 6) is -0.475. The fourth-order valence-corrected chi connectivity index (χ4v) is 2.54. The first-order valence-electron chi connectivity index (χ1n) is 6.75. The van der Waals surface area contributed by atoms with Gasteiger partial charge in [0, 0.05) is 12.1 Å². The highest BCUT2D eigenvalue weighted by Crippen LogP contribution is 2.34. The second-order valence-corrected chi connectivity index (χ2v) is 5.37. The molecule has 2 rings (SSSR count). The Morgan fingerprint density at radius 1 is 1.25 bits per heavy atom. The number of carbonyl (C=O) groups excluding carboxylic acids is 2. The van der Waals surface area contributed by atoms with Gasteiger partial charge in [-0.3, -0.25) is 4.79 Å². The van der Waals surface area contributed by atoms with Crippen molar-refractivity contribution in [3.8, 4) is 17.6 Å². The second-order valence-electron chi connectivity index (χ2n) is 4.42. The van der Waals surface area contributed by atoms with Crippen LogP contribution < -0.4 is 14.8 Å². The summed E-state index contributed by atoms with van der Waals surface area (Å²) in [5, 5.41) is 13.0. The van der Waals surface area contributed by atoms with Crippen molar-refractivity contribution in [2.24, 2.45) is 0 Å². The summed E-state index contributed by atoms with van der Waals surface area (Å²) in [5.41, 5.74) is 0.266. The predicted molar refractivity (Wildman–Crippen MR) is 87.7 cm³/mol. The Bertz CT molecular complexity index is 781. The first kappa shape index (κ1) is 17.3. The Morgan fingerprint density at radius 2 is 1.96 bits per heavy atom. The molecule has 1 heterocycles. The van der Waals surface area contributed by atoms with Crippen molar-refractivity contribution in [1.29, 1.82) is 5.26 Å². The summed E-state index contributed by atoms with van der Waals surface area (Å²) >= 11 is 1.27. The minimum Gasteiger partial charge on any atom is -0.493 e. The minimum absolute atomic E-state index is 0.0628. The van der Waals surface area contributed by atoms with E-state index in [0.29, 0.717) is 16.4 Å². The topological polar surface area (TPSA) is 97.6 Å². The van der Waals surface area contributed by atoms with Crippen LogP contribution >= 0.6 is 11.3 Å². The molecule has 0 atom stereocenters. The smallest absolute Gasteiger partial charge is 0.341 e. The molecular weight excluding hydrogens is 332 g/mol. The Balaban J connectivity index is 2.40. The van der Waals surface area contributed by atoms with Gasteiger partial charge < -0.3 is 19.5 Å². The summed E-state index contributed by atoms with van der Waals surface area (Å²) in [4.78, 5) is 24.9. The van der Waals surface area contributed by atoms with Crippen molar-refractivity contribution in [2.45, 2.75) is 0 Å². The summed E-state index contributed by atoms with van der Waals surface area (Å²) in [6, 6.07) is 7.98. The Labute approximate surface area is 142 Å². The van der Waals surface area contributed by atoms with Crippen LogP contribution in [0, 0.1) is 11.3 Å². The van der Waals surface area contributed by atoms with Crippen molar-refractivity contribution in [3.05, 3.63) is 40.1 Å². The van der Waals surface area contributed by atoms with Crippen LogP contribution in [0.3, 0.4) is 0 Å². The van der Waals surface area contributed by atoms with Gasteiger partial charge in [-0.2, -0.15) is 5.26 Å². The molecule has 1 N–H and O–H groups in total. The van der Waals surface area contributed by atoms with Crippen LogP contribution in [-0.2, 0) is 4.74 Å². The molecule has 0 bridgehead atoms. The molecule has 0 aliphatic heterocycles. The number of esters is 1. The Morgan fingerprint density at radius 3 is 2.54 bits per heavy atom. The number of ether oxygens (including phenoxy) is 3. The Kier molecular flexibility index (Phi) is 5.76. The van der Waals surface area contributed by atoms with Gasteiger partial charge in [0.2, 0.25) is 0 Å². The normalized spacial score (nSPS) is 9.71. The van der Waals surface area contributed by atoms with E-state index in [1.807, 2.05) is 0 Å². The molecule has 0 unspecified atom stereocenters. The maximum atomic E-state index is 12.2. The molecule has 0 radical (unpaired) electrons. The van der Waals surface area contributed by atoms with Crippen molar-refractivity contribution in [2.75, 3.05) is 26.1 Å². The first-order chi connectivity index (χ1) is 11.6. The molecule has 0 aliphatic carbocycles. The minimum atomic E-state index is -0.751. The number of benzene rings is 1. The van der Waals surface area contributed by atoms with Crippen LogP contribution in [0.1, 0.15) is 20.0 Å². The number of hydrogen-bond donors (Lipinski definition) is 1. The quantitative estimate of drug-likeness (QED) is 0.808. The number of hydrogen-bond acceptors (Lipinski definition) is 7. The number of rotatable bonds is 6. The summed E-state index contributed by atoms with van der Waals surface area (Å²) in [6.07, 6.45) is 0. The first-order valence-corrected chi connectivity index (χ1v) is 7.63. The number of amides is 1. The lowest BCUT2D eigenvalue weighted by molar-refractivity contribution is 0.0556. The van der Waals surface area contributed by atoms with Crippen molar-refractivity contribution in [1.82, 2.24) is 0 Å². The van der Waals surface area contributed by atoms with Gasteiger partial charge in [-0.05, 0) is 11.4 Å². The molecule has 124 valence electrons. The standard InChI is InChI=1S/C16H14N2O5S/c1-21-12-8-10(16(20)23-6-5-17)11(9-13(12)22-2)18-15(19)14-4-3-7-24-14/h3-4,7-9H,6H2,1-2H3,(H,18,19). The lowest BCUT2D eigenvalue weighted by Crippen LogP contribution is -2.15. The van der Waals surface area contributed by atoms with Gasteiger partial charge in [-0.1, -0.05) is 6.07 Å². The number of thiophene rings is 1. The van der Waals surface area contributed by atoms with Gasteiger partial charge in [-0.25, -0.2) is 4.79 Å². The average Bonchev–Trinajstić information content (AvgIpc) is 3.13. The van der Waals surface area contributed by atoms with E-state index >= 15 is 0 Å². The number of nitrogens with zero attached hydrogens (tertiary/aromatic N) is 1. The maximum absolute atomic E-state index is 12.2. The lowest BCUT2D eigenvalue weighted by atomic mass is 10.1. The average molecular weight is 346 g/mol. The highest BCUT2D eigenvalue weighted by molar-refractivity contribution is 7.12. The SMILES string of the molecule is COc1cc(NC(=O)c2cccs2)c(C(=O)OCC#N)cc1OC. The lowest BCUT2D eigenvalue weighted by Gasteiger charge is -2.14. The summed E-state index contributed by atoms with van der Waals surface area (Å²) < 4.78 is 15.2. The van der Waals surface area contributed by atoms with Crippen molar-refractivity contribution in [3.63, 3.8) is 0 Å². The van der Waals surface area contributed by atoms with Crippen LogP contribution in [0.25, 0.3) is 0 Å². The molecule has 0 saturated heterocycles. The predicted octanol–water partition coefficient (Wildman–Crippen LogP) is 2.70. The van der Waals surface area contributed by atoms with Crippen LogP contribution in [0.2, 0.25) is 0 Å². The zero-order chi connectivity index (χ0) is 17.5. The molecule has 0 spiro atoms. The largest absolute Gasteiger partial charge is 0.493 e. The number of carbonyl (C=O) groups is 2. The number of methoxy groups -OCH3 is 2. The maximum Gasteiger partial charge on any atom is 0.341 e. The monoisotopic (exact) mass is 346 g/mol. The fourth-order valence-electron chi connectivity index (χ4n) is 1.92. The zero-order valence-corrected chi connectivity index (χ0v) is 13.8. The highest BCUT2D eigenvalue weighted by atomic mass is 32.1.